The Morgan fingerprint density at radius 2 is 2.00 bits per heavy atom. The zero-order valence-corrected chi connectivity index (χ0v) is 8.88. The molecule has 0 aliphatic carbocycles. The molecule has 0 fully saturated rings. The van der Waals surface area contributed by atoms with Crippen molar-refractivity contribution < 1.29 is 4.74 Å². The third-order valence-corrected chi connectivity index (χ3v) is 2.01. The Morgan fingerprint density at radius 1 is 1.46 bits per heavy atom. The van der Waals surface area contributed by atoms with Crippen LogP contribution in [0.1, 0.15) is 25.1 Å². The molecule has 1 aromatic heterocycles. The maximum absolute atomic E-state index is 6.01. The largest absolute Gasteiger partial charge is 0.481 e. The summed E-state index contributed by atoms with van der Waals surface area (Å²) in [5, 5.41) is 4.26. The molecule has 0 amide bonds. The number of ether oxygens (including phenoxy) is 1. The van der Waals surface area contributed by atoms with Gasteiger partial charge in [-0.1, -0.05) is 0 Å². The molecule has 0 aromatic carbocycles. The van der Waals surface area contributed by atoms with Gasteiger partial charge in [-0.3, -0.25) is 0 Å². The Labute approximate surface area is 78.7 Å². The summed E-state index contributed by atoms with van der Waals surface area (Å²) in [6, 6.07) is 0. The van der Waals surface area contributed by atoms with E-state index < -0.39 is 5.54 Å². The van der Waals surface area contributed by atoms with Crippen molar-refractivity contribution in [2.24, 2.45) is 12.8 Å². The van der Waals surface area contributed by atoms with Crippen molar-refractivity contribution in [1.82, 2.24) is 9.78 Å². The molecule has 0 saturated heterocycles. The Morgan fingerprint density at radius 3 is 2.31 bits per heavy atom. The van der Waals surface area contributed by atoms with Crippen molar-refractivity contribution in [2.75, 3.05) is 7.11 Å². The number of rotatable bonds is 2. The predicted octanol–water partition coefficient (Wildman–Crippen LogP) is 0.931. The SMILES string of the molecule is COc1c(C(C)(C)N)c(C)nn1C. The zero-order chi connectivity index (χ0) is 10.2. The first kappa shape index (κ1) is 10.1. The average Bonchev–Trinajstić information content (AvgIpc) is 2.23. The molecular weight excluding hydrogens is 166 g/mol. The summed E-state index contributed by atoms with van der Waals surface area (Å²) < 4.78 is 6.95. The number of hydrogen-bond donors (Lipinski definition) is 1. The van der Waals surface area contributed by atoms with Gasteiger partial charge in [-0.25, -0.2) is 4.68 Å². The van der Waals surface area contributed by atoms with E-state index >= 15 is 0 Å². The van der Waals surface area contributed by atoms with Crippen LogP contribution >= 0.6 is 0 Å². The second-order valence-corrected chi connectivity index (χ2v) is 3.81. The highest BCUT2D eigenvalue weighted by Gasteiger charge is 2.25. The molecule has 0 spiro atoms. The van der Waals surface area contributed by atoms with E-state index in [9.17, 15) is 0 Å². The third-order valence-electron chi connectivity index (χ3n) is 2.01. The minimum absolute atomic E-state index is 0.413. The molecule has 0 aliphatic rings. The summed E-state index contributed by atoms with van der Waals surface area (Å²) in [7, 11) is 3.48. The minimum Gasteiger partial charge on any atom is -0.481 e. The van der Waals surface area contributed by atoms with Gasteiger partial charge in [0.15, 0.2) is 0 Å². The smallest absolute Gasteiger partial charge is 0.216 e. The van der Waals surface area contributed by atoms with Gasteiger partial charge in [0.1, 0.15) is 0 Å². The van der Waals surface area contributed by atoms with Crippen LogP contribution in [-0.4, -0.2) is 16.9 Å². The van der Waals surface area contributed by atoms with E-state index in [1.54, 1.807) is 11.8 Å². The molecule has 74 valence electrons. The molecule has 0 aliphatic heterocycles. The number of nitrogens with two attached hydrogens (primary N) is 1. The quantitative estimate of drug-likeness (QED) is 0.742. The van der Waals surface area contributed by atoms with E-state index in [1.807, 2.05) is 27.8 Å². The molecule has 2 N–H and O–H groups in total. The number of aromatic nitrogens is 2. The molecule has 4 nitrogen and oxygen atoms in total. The highest BCUT2D eigenvalue weighted by atomic mass is 16.5. The molecule has 0 bridgehead atoms. The van der Waals surface area contributed by atoms with E-state index in [4.69, 9.17) is 10.5 Å². The number of aryl methyl sites for hydroxylation is 2. The van der Waals surface area contributed by atoms with Crippen LogP contribution in [0.3, 0.4) is 0 Å². The summed E-state index contributed by atoms with van der Waals surface area (Å²) >= 11 is 0. The Hall–Kier alpha value is -1.03. The molecule has 0 radical (unpaired) electrons. The van der Waals surface area contributed by atoms with E-state index in [2.05, 4.69) is 5.10 Å². The van der Waals surface area contributed by atoms with Gasteiger partial charge in [0.2, 0.25) is 5.88 Å². The van der Waals surface area contributed by atoms with Crippen LogP contribution < -0.4 is 10.5 Å². The van der Waals surface area contributed by atoms with Crippen molar-refractivity contribution in [3.8, 4) is 5.88 Å². The van der Waals surface area contributed by atoms with Gasteiger partial charge in [-0.05, 0) is 20.8 Å². The Bertz CT molecular complexity index is 309. The second-order valence-electron chi connectivity index (χ2n) is 3.81. The zero-order valence-electron chi connectivity index (χ0n) is 8.88. The van der Waals surface area contributed by atoms with Crippen LogP contribution in [-0.2, 0) is 12.6 Å². The summed E-state index contributed by atoms with van der Waals surface area (Å²) in [5.74, 6) is 0.741. The molecule has 13 heavy (non-hydrogen) atoms. The van der Waals surface area contributed by atoms with Gasteiger partial charge in [-0.2, -0.15) is 5.10 Å². The lowest BCUT2D eigenvalue weighted by Crippen LogP contribution is -2.29. The first-order valence-electron chi connectivity index (χ1n) is 4.25. The van der Waals surface area contributed by atoms with Gasteiger partial charge in [0.25, 0.3) is 0 Å². The Balaban J connectivity index is 3.34. The second kappa shape index (κ2) is 3.03. The van der Waals surface area contributed by atoms with E-state index in [-0.39, 0.29) is 0 Å². The van der Waals surface area contributed by atoms with Gasteiger partial charge in [-0.15, -0.1) is 0 Å². The molecule has 0 saturated carbocycles. The van der Waals surface area contributed by atoms with Gasteiger partial charge in [0, 0.05) is 12.6 Å². The van der Waals surface area contributed by atoms with Gasteiger partial charge in [0.05, 0.1) is 18.4 Å². The van der Waals surface area contributed by atoms with Crippen LogP contribution in [0.15, 0.2) is 0 Å². The maximum Gasteiger partial charge on any atom is 0.216 e. The molecule has 0 unspecified atom stereocenters. The molecular formula is C9H17N3O. The van der Waals surface area contributed by atoms with E-state index in [1.165, 1.54) is 0 Å². The van der Waals surface area contributed by atoms with Crippen molar-refractivity contribution in [1.29, 1.82) is 0 Å². The van der Waals surface area contributed by atoms with Gasteiger partial charge >= 0.3 is 0 Å². The fourth-order valence-electron chi connectivity index (χ4n) is 1.61. The summed E-state index contributed by atoms with van der Waals surface area (Å²) in [6.45, 7) is 5.82. The molecule has 1 aromatic rings. The fraction of sp³-hybridized carbons (Fsp3) is 0.667. The number of methoxy groups -OCH3 is 1. The van der Waals surface area contributed by atoms with Crippen molar-refractivity contribution in [2.45, 2.75) is 26.3 Å². The first-order valence-corrected chi connectivity index (χ1v) is 4.25. The predicted molar refractivity (Wildman–Crippen MR) is 51.7 cm³/mol. The van der Waals surface area contributed by atoms with Crippen LogP contribution in [0.5, 0.6) is 5.88 Å². The maximum atomic E-state index is 6.01. The monoisotopic (exact) mass is 183 g/mol. The van der Waals surface area contributed by atoms with Crippen molar-refractivity contribution >= 4 is 0 Å². The molecule has 4 heteroatoms. The molecule has 1 heterocycles. The topological polar surface area (TPSA) is 53.1 Å². The standard InChI is InChI=1S/C9H17N3O/c1-6-7(9(2,3)10)8(13-5)12(4)11-6/h10H2,1-5H3. The van der Waals surface area contributed by atoms with Crippen LogP contribution in [0.25, 0.3) is 0 Å². The first-order chi connectivity index (χ1) is 5.88. The van der Waals surface area contributed by atoms with Crippen LogP contribution in [0, 0.1) is 6.92 Å². The average molecular weight is 183 g/mol. The lowest BCUT2D eigenvalue weighted by Gasteiger charge is -2.19. The van der Waals surface area contributed by atoms with E-state index in [0.717, 1.165) is 17.1 Å². The molecule has 0 atom stereocenters. The molecule has 1 rings (SSSR count). The summed E-state index contributed by atoms with van der Waals surface area (Å²) in [5.41, 5.74) is 7.49. The lowest BCUT2D eigenvalue weighted by atomic mass is 9.96. The minimum atomic E-state index is -0.413. The summed E-state index contributed by atoms with van der Waals surface area (Å²) in [6.07, 6.45) is 0. The normalized spacial score (nSPS) is 11.8. The Kier molecular flexibility index (Phi) is 2.34. The van der Waals surface area contributed by atoms with Crippen LogP contribution in [0.2, 0.25) is 0 Å². The highest BCUT2D eigenvalue weighted by Crippen LogP contribution is 2.29. The number of hydrogen-bond acceptors (Lipinski definition) is 3. The van der Waals surface area contributed by atoms with Crippen LogP contribution in [0.4, 0.5) is 0 Å². The lowest BCUT2D eigenvalue weighted by molar-refractivity contribution is 0.359. The van der Waals surface area contributed by atoms with Gasteiger partial charge < -0.3 is 10.5 Å². The summed E-state index contributed by atoms with van der Waals surface area (Å²) in [4.78, 5) is 0. The highest BCUT2D eigenvalue weighted by molar-refractivity contribution is 5.36. The third kappa shape index (κ3) is 1.67. The van der Waals surface area contributed by atoms with Crippen molar-refractivity contribution in [3.05, 3.63) is 11.3 Å². The fourth-order valence-corrected chi connectivity index (χ4v) is 1.61. The van der Waals surface area contributed by atoms with Crippen molar-refractivity contribution in [3.63, 3.8) is 0 Å². The van der Waals surface area contributed by atoms with E-state index in [0.29, 0.717) is 0 Å². The number of nitrogens with zero attached hydrogens (tertiary/aromatic N) is 2.